The molecule has 0 unspecified atom stereocenters. The zero-order chi connectivity index (χ0) is 14.4. The lowest BCUT2D eigenvalue weighted by Crippen LogP contribution is -1.99. The number of para-hydroxylation sites is 1. The van der Waals surface area contributed by atoms with Crippen molar-refractivity contribution in [3.8, 4) is 5.69 Å². The third-order valence-corrected chi connectivity index (χ3v) is 4.11. The molecule has 0 aliphatic heterocycles. The van der Waals surface area contributed by atoms with Crippen LogP contribution in [0.3, 0.4) is 0 Å². The van der Waals surface area contributed by atoms with Crippen LogP contribution in [-0.4, -0.2) is 9.55 Å². The number of imidazole rings is 1. The van der Waals surface area contributed by atoms with Gasteiger partial charge in [0, 0.05) is 6.07 Å². The second kappa shape index (κ2) is 4.95. The van der Waals surface area contributed by atoms with Crippen LogP contribution in [0.25, 0.3) is 16.7 Å². The summed E-state index contributed by atoms with van der Waals surface area (Å²) < 4.78 is 29.5. The Morgan fingerprint density at radius 1 is 1.20 bits per heavy atom. The monoisotopic (exact) mass is 374 g/mol. The number of benzene rings is 2. The van der Waals surface area contributed by atoms with E-state index in [1.54, 1.807) is 18.2 Å². The number of hydrogen-bond donors (Lipinski definition) is 1. The molecule has 1 aromatic heterocycles. The maximum absolute atomic E-state index is 14.1. The second-order valence-corrected chi connectivity index (χ2v) is 5.77. The summed E-state index contributed by atoms with van der Waals surface area (Å²) in [5, 5.41) is 0.463. The van der Waals surface area contributed by atoms with Gasteiger partial charge in [0.05, 0.1) is 26.2 Å². The molecule has 20 heavy (non-hydrogen) atoms. The first-order valence-corrected chi connectivity index (χ1v) is 7.11. The Morgan fingerprint density at radius 3 is 2.70 bits per heavy atom. The summed E-state index contributed by atoms with van der Waals surface area (Å²) in [4.78, 5) is 2.90. The van der Waals surface area contributed by atoms with Gasteiger partial charge in [-0.05, 0) is 46.3 Å². The lowest BCUT2D eigenvalue weighted by molar-refractivity contribution is 0.588. The first-order chi connectivity index (χ1) is 9.49. The van der Waals surface area contributed by atoms with E-state index in [0.29, 0.717) is 16.1 Å². The zero-order valence-electron chi connectivity index (χ0n) is 9.75. The van der Waals surface area contributed by atoms with Gasteiger partial charge in [0.15, 0.2) is 4.77 Å². The Kier molecular flexibility index (Phi) is 3.40. The van der Waals surface area contributed by atoms with Crippen LogP contribution in [0.1, 0.15) is 0 Å². The van der Waals surface area contributed by atoms with Crippen molar-refractivity contribution < 1.29 is 8.78 Å². The van der Waals surface area contributed by atoms with Crippen molar-refractivity contribution in [3.63, 3.8) is 0 Å². The molecule has 0 atom stereocenters. The van der Waals surface area contributed by atoms with E-state index in [1.165, 1.54) is 4.57 Å². The third-order valence-electron chi connectivity index (χ3n) is 2.90. The molecule has 1 N–H and O–H groups in total. The Balaban J connectivity index is 2.41. The zero-order valence-corrected chi connectivity index (χ0v) is 12.9. The van der Waals surface area contributed by atoms with Crippen LogP contribution in [-0.2, 0) is 0 Å². The lowest BCUT2D eigenvalue weighted by Gasteiger charge is -2.07. The quantitative estimate of drug-likeness (QED) is 0.447. The normalized spacial score (nSPS) is 11.2. The van der Waals surface area contributed by atoms with E-state index in [4.69, 9.17) is 23.8 Å². The Morgan fingerprint density at radius 2 is 1.95 bits per heavy atom. The van der Waals surface area contributed by atoms with Crippen LogP contribution in [0.2, 0.25) is 5.02 Å². The third kappa shape index (κ3) is 2.08. The molecule has 3 rings (SSSR count). The number of nitrogens with one attached hydrogen (secondary N) is 1. The summed E-state index contributed by atoms with van der Waals surface area (Å²) in [7, 11) is 0. The topological polar surface area (TPSA) is 20.7 Å². The Hall–Kier alpha value is -1.24. The van der Waals surface area contributed by atoms with E-state index < -0.39 is 11.6 Å². The molecule has 0 fully saturated rings. The van der Waals surface area contributed by atoms with Crippen LogP contribution in [0.4, 0.5) is 8.78 Å². The smallest absolute Gasteiger partial charge is 0.182 e. The van der Waals surface area contributed by atoms with E-state index >= 15 is 0 Å². The first kappa shape index (κ1) is 13.7. The fraction of sp³-hybridized carbons (Fsp3) is 0. The van der Waals surface area contributed by atoms with Crippen molar-refractivity contribution in [3.05, 3.63) is 56.2 Å². The van der Waals surface area contributed by atoms with Crippen molar-refractivity contribution in [2.45, 2.75) is 0 Å². The minimum Gasteiger partial charge on any atom is -0.329 e. The van der Waals surface area contributed by atoms with Gasteiger partial charge < -0.3 is 4.98 Å². The molecule has 2 aromatic carbocycles. The largest absolute Gasteiger partial charge is 0.329 e. The van der Waals surface area contributed by atoms with Crippen LogP contribution in [0.15, 0.2) is 34.8 Å². The number of halogens is 4. The van der Waals surface area contributed by atoms with Crippen LogP contribution in [0, 0.1) is 16.4 Å². The van der Waals surface area contributed by atoms with Gasteiger partial charge in [-0.2, -0.15) is 0 Å². The maximum atomic E-state index is 14.1. The molecule has 0 aliphatic rings. The van der Waals surface area contributed by atoms with E-state index in [1.807, 2.05) is 0 Å². The van der Waals surface area contributed by atoms with E-state index in [2.05, 4.69) is 20.9 Å². The Bertz CT molecular complexity index is 888. The van der Waals surface area contributed by atoms with E-state index in [0.717, 1.165) is 12.1 Å². The average Bonchev–Trinajstić information content (AvgIpc) is 2.72. The molecule has 2 nitrogen and oxygen atoms in total. The van der Waals surface area contributed by atoms with Crippen LogP contribution >= 0.6 is 39.7 Å². The second-order valence-electron chi connectivity index (χ2n) is 4.12. The van der Waals surface area contributed by atoms with Crippen molar-refractivity contribution >= 4 is 50.8 Å². The molecule has 0 aliphatic carbocycles. The SMILES string of the molecule is Fc1cc(-n2c(=S)[nH]c3c(Cl)cccc32)c(F)cc1Br. The maximum Gasteiger partial charge on any atom is 0.182 e. The summed E-state index contributed by atoms with van der Waals surface area (Å²) in [6.07, 6.45) is 0. The van der Waals surface area contributed by atoms with Crippen molar-refractivity contribution in [2.75, 3.05) is 0 Å². The fourth-order valence-corrected chi connectivity index (χ4v) is 2.85. The number of aromatic amines is 1. The molecular weight excluding hydrogens is 370 g/mol. The van der Waals surface area contributed by atoms with Gasteiger partial charge in [0.1, 0.15) is 11.6 Å². The standard InChI is InChI=1S/C13H6BrClF2N2S/c14-6-4-9(17)11(5-8(6)16)19-10-3-1-2-7(15)12(10)18-13(19)20/h1-5H,(H,18,20). The van der Waals surface area contributed by atoms with Crippen molar-refractivity contribution in [1.29, 1.82) is 0 Å². The van der Waals surface area contributed by atoms with Crippen LogP contribution in [0.5, 0.6) is 0 Å². The minimum absolute atomic E-state index is 0.0317. The van der Waals surface area contributed by atoms with Gasteiger partial charge in [0.25, 0.3) is 0 Å². The van der Waals surface area contributed by atoms with E-state index in [9.17, 15) is 8.78 Å². The molecule has 7 heteroatoms. The molecule has 0 spiro atoms. The molecule has 0 saturated heterocycles. The predicted molar refractivity (Wildman–Crippen MR) is 81.1 cm³/mol. The fourth-order valence-electron chi connectivity index (χ4n) is 2.02. The molecular formula is C13H6BrClF2N2S. The molecule has 3 aromatic rings. The summed E-state index contributed by atoms with van der Waals surface area (Å²) in [6.45, 7) is 0. The summed E-state index contributed by atoms with van der Waals surface area (Å²) >= 11 is 14.2. The molecule has 0 saturated carbocycles. The highest BCUT2D eigenvalue weighted by Gasteiger charge is 2.15. The van der Waals surface area contributed by atoms with Crippen molar-refractivity contribution in [2.24, 2.45) is 0 Å². The number of fused-ring (bicyclic) bond motifs is 1. The lowest BCUT2D eigenvalue weighted by atomic mass is 10.2. The molecule has 0 amide bonds. The summed E-state index contributed by atoms with van der Waals surface area (Å²) in [5.41, 5.74) is 1.20. The molecule has 0 bridgehead atoms. The van der Waals surface area contributed by atoms with Gasteiger partial charge in [0.2, 0.25) is 0 Å². The van der Waals surface area contributed by atoms with Gasteiger partial charge in [-0.25, -0.2) is 8.78 Å². The number of hydrogen-bond acceptors (Lipinski definition) is 1. The number of aromatic nitrogens is 2. The Labute approximate surface area is 131 Å². The molecule has 0 radical (unpaired) electrons. The van der Waals surface area contributed by atoms with Gasteiger partial charge >= 0.3 is 0 Å². The van der Waals surface area contributed by atoms with Crippen LogP contribution < -0.4 is 0 Å². The van der Waals surface area contributed by atoms with Gasteiger partial charge in [-0.3, -0.25) is 4.57 Å². The highest BCUT2D eigenvalue weighted by Crippen LogP contribution is 2.28. The number of H-pyrrole nitrogens is 1. The summed E-state index contributed by atoms with van der Waals surface area (Å²) in [6, 6.07) is 7.29. The first-order valence-electron chi connectivity index (χ1n) is 5.53. The molecule has 1 heterocycles. The van der Waals surface area contributed by atoms with Gasteiger partial charge in [-0.15, -0.1) is 0 Å². The minimum atomic E-state index is -0.588. The highest BCUT2D eigenvalue weighted by atomic mass is 79.9. The number of nitrogens with zero attached hydrogens (tertiary/aromatic N) is 1. The predicted octanol–water partition coefficient (Wildman–Crippen LogP) is 5.38. The average molecular weight is 376 g/mol. The van der Waals surface area contributed by atoms with Crippen molar-refractivity contribution in [1.82, 2.24) is 9.55 Å². The highest BCUT2D eigenvalue weighted by molar-refractivity contribution is 9.10. The summed E-state index contributed by atoms with van der Waals surface area (Å²) in [5.74, 6) is -1.16. The molecule has 102 valence electrons. The van der Waals surface area contributed by atoms with Gasteiger partial charge in [-0.1, -0.05) is 17.7 Å². The van der Waals surface area contributed by atoms with E-state index in [-0.39, 0.29) is 14.9 Å². The number of rotatable bonds is 1.